The van der Waals surface area contributed by atoms with Gasteiger partial charge in [0.05, 0.1) is 30.1 Å². The third kappa shape index (κ3) is 5.05. The number of carbonyl (C=O) groups is 2. The lowest BCUT2D eigenvalue weighted by atomic mass is 10.1. The molecule has 27 heavy (non-hydrogen) atoms. The molecule has 2 fully saturated rings. The molecule has 2 aliphatic rings. The second-order valence-electron chi connectivity index (χ2n) is 6.21. The zero-order valence-corrected chi connectivity index (χ0v) is 15.7. The highest BCUT2D eigenvalue weighted by molar-refractivity contribution is 8.15. The summed E-state index contributed by atoms with van der Waals surface area (Å²) in [7, 11) is -3.17. The van der Waals surface area contributed by atoms with Gasteiger partial charge in [-0.2, -0.15) is 4.99 Å². The number of fused-ring (bicyclic) bond motifs is 1. The third-order valence-electron chi connectivity index (χ3n) is 4.11. The van der Waals surface area contributed by atoms with Crippen molar-refractivity contribution in [3.8, 4) is 0 Å². The molecule has 1 amide bonds. The molecule has 3 rings (SSSR count). The highest BCUT2D eigenvalue weighted by atomic mass is 32.2. The predicted molar refractivity (Wildman–Crippen MR) is 94.0 cm³/mol. The lowest BCUT2D eigenvalue weighted by molar-refractivity contribution is -0.309. The van der Waals surface area contributed by atoms with Crippen LogP contribution in [0.4, 0.5) is 4.39 Å². The molecule has 0 aliphatic carbocycles. The summed E-state index contributed by atoms with van der Waals surface area (Å²) in [5.41, 5.74) is 0.746. The molecule has 0 N–H and O–H groups in total. The molecule has 8 nitrogen and oxygen atoms in total. The number of ether oxygens (including phenoxy) is 1. The number of carboxylic acids is 1. The Morgan fingerprint density at radius 3 is 2.63 bits per heavy atom. The van der Waals surface area contributed by atoms with Crippen molar-refractivity contribution in [2.75, 3.05) is 24.7 Å². The second kappa shape index (κ2) is 7.95. The van der Waals surface area contributed by atoms with Crippen LogP contribution in [0.25, 0.3) is 0 Å². The summed E-state index contributed by atoms with van der Waals surface area (Å²) in [6, 6.07) is 5.44. The molecule has 1 aromatic rings. The first kappa shape index (κ1) is 19.8. The predicted octanol–water partition coefficient (Wildman–Crippen LogP) is -0.811. The zero-order chi connectivity index (χ0) is 19.6. The molecule has 0 saturated carbocycles. The summed E-state index contributed by atoms with van der Waals surface area (Å²) < 4.78 is 41.7. The largest absolute Gasteiger partial charge is 0.548 e. The van der Waals surface area contributed by atoms with E-state index in [-0.39, 0.29) is 35.2 Å². The summed E-state index contributed by atoms with van der Waals surface area (Å²) >= 11 is 1.20. The van der Waals surface area contributed by atoms with E-state index >= 15 is 0 Å². The molecule has 2 heterocycles. The number of sulfone groups is 1. The normalized spacial score (nSPS) is 24.9. The standard InChI is InChI=1S/C16H17FN2O6S2/c17-11-3-1-10(2-4-11)5-19-12-8-27(23,24)9-13(12)26-16(19)18-14(20)6-25-7-15(21)22/h1-4,12-13H,5-9H2,(H,21,22)/p-1/t12-,13+/m0/s1. The Morgan fingerprint density at radius 1 is 1.26 bits per heavy atom. The van der Waals surface area contributed by atoms with Crippen LogP contribution in [0.2, 0.25) is 0 Å². The van der Waals surface area contributed by atoms with Crippen molar-refractivity contribution in [2.45, 2.75) is 17.8 Å². The van der Waals surface area contributed by atoms with Gasteiger partial charge in [0.1, 0.15) is 12.4 Å². The number of hydrogen-bond donors (Lipinski definition) is 0. The van der Waals surface area contributed by atoms with Gasteiger partial charge in [-0.05, 0) is 17.7 Å². The molecule has 0 spiro atoms. The van der Waals surface area contributed by atoms with Crippen molar-refractivity contribution in [1.29, 1.82) is 0 Å². The summed E-state index contributed by atoms with van der Waals surface area (Å²) in [5, 5.41) is 10.4. The Bertz CT molecular complexity index is 871. The number of amidine groups is 1. The average Bonchev–Trinajstić information content (AvgIpc) is 3.02. The number of aliphatic imine (C=N–C) groups is 1. The molecular formula is C16H16FN2O6S2-. The molecule has 1 aromatic carbocycles. The number of carboxylic acid groups (broad SMARTS) is 1. The van der Waals surface area contributed by atoms with Crippen LogP contribution in [0, 0.1) is 5.82 Å². The maximum Gasteiger partial charge on any atom is 0.274 e. The Balaban J connectivity index is 1.77. The summed E-state index contributed by atoms with van der Waals surface area (Å²) in [4.78, 5) is 27.9. The van der Waals surface area contributed by atoms with Crippen molar-refractivity contribution < 1.29 is 32.2 Å². The van der Waals surface area contributed by atoms with Crippen LogP contribution in [-0.4, -0.2) is 66.4 Å². The van der Waals surface area contributed by atoms with Crippen LogP contribution < -0.4 is 5.11 Å². The van der Waals surface area contributed by atoms with Crippen LogP contribution in [0.15, 0.2) is 29.3 Å². The monoisotopic (exact) mass is 415 g/mol. The first-order valence-corrected chi connectivity index (χ1v) is 10.7. The fourth-order valence-corrected chi connectivity index (χ4v) is 6.94. The van der Waals surface area contributed by atoms with E-state index in [9.17, 15) is 27.5 Å². The number of benzene rings is 1. The van der Waals surface area contributed by atoms with Crippen LogP contribution >= 0.6 is 11.8 Å². The van der Waals surface area contributed by atoms with Gasteiger partial charge in [0.2, 0.25) is 0 Å². The number of thioether (sulfide) groups is 1. The maximum absolute atomic E-state index is 13.1. The first-order valence-electron chi connectivity index (χ1n) is 8.01. The van der Waals surface area contributed by atoms with Crippen molar-refractivity contribution in [2.24, 2.45) is 4.99 Å². The van der Waals surface area contributed by atoms with Gasteiger partial charge in [-0.15, -0.1) is 0 Å². The molecule has 146 valence electrons. The minimum Gasteiger partial charge on any atom is -0.548 e. The molecule has 2 saturated heterocycles. The Kier molecular flexibility index (Phi) is 5.82. The molecule has 0 bridgehead atoms. The van der Waals surface area contributed by atoms with Gasteiger partial charge in [0, 0.05) is 11.8 Å². The summed E-state index contributed by atoms with van der Waals surface area (Å²) in [5.74, 6) is -2.55. The average molecular weight is 415 g/mol. The van der Waals surface area contributed by atoms with Crippen LogP contribution in [0.3, 0.4) is 0 Å². The van der Waals surface area contributed by atoms with E-state index in [0.29, 0.717) is 5.17 Å². The molecule has 2 atom stereocenters. The van der Waals surface area contributed by atoms with Crippen molar-refractivity contribution in [3.05, 3.63) is 35.6 Å². The van der Waals surface area contributed by atoms with E-state index in [1.165, 1.54) is 23.9 Å². The maximum atomic E-state index is 13.1. The van der Waals surface area contributed by atoms with E-state index < -0.39 is 34.9 Å². The molecule has 0 aromatic heterocycles. The second-order valence-corrected chi connectivity index (χ2v) is 9.57. The van der Waals surface area contributed by atoms with E-state index in [0.717, 1.165) is 5.56 Å². The fraction of sp³-hybridized carbons (Fsp3) is 0.438. The van der Waals surface area contributed by atoms with Crippen LogP contribution in [0.1, 0.15) is 5.56 Å². The molecule has 11 heteroatoms. The number of aliphatic carboxylic acids is 1. The molecular weight excluding hydrogens is 399 g/mol. The quantitative estimate of drug-likeness (QED) is 0.592. The van der Waals surface area contributed by atoms with Crippen molar-refractivity contribution >= 4 is 38.6 Å². The minimum absolute atomic E-state index is 0.00333. The van der Waals surface area contributed by atoms with E-state index in [1.54, 1.807) is 17.0 Å². The third-order valence-corrected chi connectivity index (χ3v) is 7.35. The highest BCUT2D eigenvalue weighted by Crippen LogP contribution is 2.39. The van der Waals surface area contributed by atoms with E-state index in [2.05, 4.69) is 9.73 Å². The van der Waals surface area contributed by atoms with Crippen molar-refractivity contribution in [3.63, 3.8) is 0 Å². The van der Waals surface area contributed by atoms with Gasteiger partial charge in [0.25, 0.3) is 5.91 Å². The number of hydrogen-bond acceptors (Lipinski definition) is 7. The van der Waals surface area contributed by atoms with Gasteiger partial charge >= 0.3 is 0 Å². The van der Waals surface area contributed by atoms with Crippen molar-refractivity contribution in [1.82, 2.24) is 4.90 Å². The Morgan fingerprint density at radius 2 is 1.96 bits per heavy atom. The first-order chi connectivity index (χ1) is 12.7. The fourth-order valence-electron chi connectivity index (χ4n) is 2.97. The number of halogens is 1. The summed E-state index contributed by atoms with van der Waals surface area (Å²) in [6.45, 7) is -0.960. The van der Waals surface area contributed by atoms with Gasteiger partial charge < -0.3 is 19.5 Å². The van der Waals surface area contributed by atoms with Gasteiger partial charge in [-0.25, -0.2) is 12.8 Å². The SMILES string of the molecule is O=C([O-])COCC(=O)N=C1S[C@@H]2CS(=O)(=O)C[C@@H]2N1Cc1ccc(F)cc1. The van der Waals surface area contributed by atoms with Crippen LogP contribution in [-0.2, 0) is 30.7 Å². The Hall–Kier alpha value is -1.98. The smallest absolute Gasteiger partial charge is 0.274 e. The molecule has 0 radical (unpaired) electrons. The highest BCUT2D eigenvalue weighted by Gasteiger charge is 2.48. The topological polar surface area (TPSA) is 116 Å². The number of rotatable bonds is 6. The number of nitrogens with zero attached hydrogens (tertiary/aromatic N) is 2. The number of carbonyl (C=O) groups excluding carboxylic acids is 2. The molecule has 0 unspecified atom stereocenters. The molecule has 2 aliphatic heterocycles. The minimum atomic E-state index is -3.17. The Labute approximate surface area is 159 Å². The lowest BCUT2D eigenvalue weighted by Crippen LogP contribution is -2.37. The van der Waals surface area contributed by atoms with Gasteiger partial charge in [-0.1, -0.05) is 23.9 Å². The van der Waals surface area contributed by atoms with E-state index in [1.807, 2.05) is 0 Å². The van der Waals surface area contributed by atoms with Crippen LogP contribution in [0.5, 0.6) is 0 Å². The summed E-state index contributed by atoms with van der Waals surface area (Å²) in [6.07, 6.45) is 0. The lowest BCUT2D eigenvalue weighted by Gasteiger charge is -2.24. The van der Waals surface area contributed by atoms with E-state index in [4.69, 9.17) is 0 Å². The zero-order valence-electron chi connectivity index (χ0n) is 14.0. The van der Waals surface area contributed by atoms with Gasteiger partial charge in [0.15, 0.2) is 15.0 Å². The van der Waals surface area contributed by atoms with Gasteiger partial charge in [-0.3, -0.25) is 4.79 Å². The number of amides is 1.